The van der Waals surface area contributed by atoms with E-state index in [4.69, 9.17) is 5.11 Å². The number of aromatic nitrogens is 2. The number of nitrogens with zero attached hydrogens (tertiary/aromatic N) is 1. The van der Waals surface area contributed by atoms with Gasteiger partial charge < -0.3 is 15.7 Å². The molecular weight excluding hydrogens is 312 g/mol. The second kappa shape index (κ2) is 7.58. The summed E-state index contributed by atoms with van der Waals surface area (Å²) in [6.45, 7) is 3.44. The molecule has 8 nitrogen and oxygen atoms in total. The van der Waals surface area contributed by atoms with Gasteiger partial charge in [-0.25, -0.2) is 4.79 Å². The van der Waals surface area contributed by atoms with Gasteiger partial charge in [0.1, 0.15) is 6.04 Å². The van der Waals surface area contributed by atoms with Crippen LogP contribution in [0.3, 0.4) is 0 Å². The number of carboxylic acids is 1. The summed E-state index contributed by atoms with van der Waals surface area (Å²) < 4.78 is 0. The summed E-state index contributed by atoms with van der Waals surface area (Å²) in [5.41, 5.74) is 0.952. The molecule has 1 aromatic heterocycles. The molecule has 1 heterocycles. The van der Waals surface area contributed by atoms with Crippen LogP contribution in [0.1, 0.15) is 30.6 Å². The molecule has 128 valence electrons. The summed E-state index contributed by atoms with van der Waals surface area (Å²) >= 11 is 0. The number of benzene rings is 1. The van der Waals surface area contributed by atoms with E-state index in [0.717, 1.165) is 5.39 Å². The van der Waals surface area contributed by atoms with Crippen molar-refractivity contribution in [2.75, 3.05) is 6.54 Å². The minimum absolute atomic E-state index is 0.124. The minimum atomic E-state index is -1.09. The number of aromatic amines is 1. The Morgan fingerprint density at radius 3 is 2.71 bits per heavy atom. The first kappa shape index (κ1) is 17.5. The van der Waals surface area contributed by atoms with E-state index in [1.165, 1.54) is 0 Å². The molecule has 0 bridgehead atoms. The minimum Gasteiger partial charge on any atom is -0.480 e. The molecule has 0 aliphatic heterocycles. The van der Waals surface area contributed by atoms with Gasteiger partial charge in [-0.15, -0.1) is 0 Å². The van der Waals surface area contributed by atoms with Crippen LogP contribution in [0.2, 0.25) is 0 Å². The lowest BCUT2D eigenvalue weighted by Crippen LogP contribution is -2.46. The Morgan fingerprint density at radius 1 is 1.29 bits per heavy atom. The molecule has 2 rings (SSSR count). The van der Waals surface area contributed by atoms with Crippen molar-refractivity contribution in [3.63, 3.8) is 0 Å². The van der Waals surface area contributed by atoms with E-state index in [1.807, 2.05) is 19.9 Å². The number of carbonyl (C=O) groups excluding carboxylic acids is 2. The van der Waals surface area contributed by atoms with Gasteiger partial charge in [-0.05, 0) is 18.4 Å². The first-order valence-corrected chi connectivity index (χ1v) is 7.61. The second-order valence-corrected chi connectivity index (χ2v) is 5.91. The van der Waals surface area contributed by atoms with E-state index in [9.17, 15) is 14.4 Å². The van der Waals surface area contributed by atoms with E-state index in [1.54, 1.807) is 18.3 Å². The van der Waals surface area contributed by atoms with Crippen LogP contribution in [0.15, 0.2) is 24.4 Å². The molecule has 0 fully saturated rings. The fourth-order valence-electron chi connectivity index (χ4n) is 2.35. The number of para-hydroxylation sites is 1. The zero-order valence-electron chi connectivity index (χ0n) is 13.5. The molecule has 0 saturated carbocycles. The summed E-state index contributed by atoms with van der Waals surface area (Å²) in [6.07, 6.45) is 1.92. The summed E-state index contributed by atoms with van der Waals surface area (Å²) in [4.78, 5) is 35.2. The molecule has 1 aromatic carbocycles. The highest BCUT2D eigenvalue weighted by molar-refractivity contribution is 6.06. The van der Waals surface area contributed by atoms with Gasteiger partial charge in [-0.1, -0.05) is 26.0 Å². The maximum atomic E-state index is 12.2. The van der Waals surface area contributed by atoms with Crippen LogP contribution in [-0.2, 0) is 9.59 Å². The highest BCUT2D eigenvalue weighted by atomic mass is 16.4. The Labute approximate surface area is 138 Å². The average Bonchev–Trinajstić information content (AvgIpc) is 2.99. The van der Waals surface area contributed by atoms with Gasteiger partial charge in [0.25, 0.3) is 5.91 Å². The zero-order valence-corrected chi connectivity index (χ0v) is 13.5. The number of nitrogens with one attached hydrogen (secondary N) is 3. The van der Waals surface area contributed by atoms with E-state index in [-0.39, 0.29) is 12.5 Å². The van der Waals surface area contributed by atoms with Gasteiger partial charge in [-0.3, -0.25) is 14.7 Å². The molecule has 0 spiro atoms. The van der Waals surface area contributed by atoms with E-state index in [2.05, 4.69) is 20.8 Å². The standard InChI is InChI=1S/C16H20N4O4/c1-9(2)6-12(16(23)24)19-13(21)8-17-15(22)11-5-3-4-10-7-18-20-14(10)11/h3-5,7,9,12H,6,8H2,1-2H3,(H,17,22)(H,18,20)(H,19,21)(H,23,24)/t12-/m0/s1. The molecule has 0 unspecified atom stereocenters. The highest BCUT2D eigenvalue weighted by Gasteiger charge is 2.21. The lowest BCUT2D eigenvalue weighted by Gasteiger charge is -2.16. The molecular formula is C16H20N4O4. The number of rotatable bonds is 7. The predicted molar refractivity (Wildman–Crippen MR) is 87.4 cm³/mol. The molecule has 0 radical (unpaired) electrons. The van der Waals surface area contributed by atoms with E-state index >= 15 is 0 Å². The fourth-order valence-corrected chi connectivity index (χ4v) is 2.35. The van der Waals surface area contributed by atoms with Crippen LogP contribution in [0.25, 0.3) is 10.9 Å². The molecule has 0 saturated heterocycles. The molecule has 8 heteroatoms. The van der Waals surface area contributed by atoms with Crippen LogP contribution in [0, 0.1) is 5.92 Å². The Hall–Kier alpha value is -2.90. The molecule has 0 aliphatic rings. The van der Waals surface area contributed by atoms with Gasteiger partial charge in [0.2, 0.25) is 5.91 Å². The number of carboxylic acid groups (broad SMARTS) is 1. The van der Waals surface area contributed by atoms with Crippen LogP contribution < -0.4 is 10.6 Å². The van der Waals surface area contributed by atoms with Crippen LogP contribution in [-0.4, -0.2) is 45.7 Å². The molecule has 24 heavy (non-hydrogen) atoms. The molecule has 2 amide bonds. The smallest absolute Gasteiger partial charge is 0.326 e. The zero-order chi connectivity index (χ0) is 17.7. The van der Waals surface area contributed by atoms with Gasteiger partial charge in [-0.2, -0.15) is 5.10 Å². The van der Waals surface area contributed by atoms with Crippen molar-refractivity contribution in [2.45, 2.75) is 26.3 Å². The number of amides is 2. The summed E-state index contributed by atoms with van der Waals surface area (Å²) in [5, 5.41) is 21.4. The lowest BCUT2D eigenvalue weighted by atomic mass is 10.0. The summed E-state index contributed by atoms with van der Waals surface area (Å²) in [7, 11) is 0. The number of H-pyrrole nitrogens is 1. The van der Waals surface area contributed by atoms with E-state index < -0.39 is 23.8 Å². The lowest BCUT2D eigenvalue weighted by molar-refractivity contribution is -0.142. The number of fused-ring (bicyclic) bond motifs is 1. The van der Waals surface area contributed by atoms with Gasteiger partial charge in [0.05, 0.1) is 23.8 Å². The third-order valence-electron chi connectivity index (χ3n) is 3.47. The number of hydrogen-bond acceptors (Lipinski definition) is 4. The van der Waals surface area contributed by atoms with Crippen LogP contribution in [0.5, 0.6) is 0 Å². The quantitative estimate of drug-likeness (QED) is 0.600. The predicted octanol–water partition coefficient (Wildman–Crippen LogP) is 0.908. The monoisotopic (exact) mass is 332 g/mol. The van der Waals surface area contributed by atoms with Crippen LogP contribution >= 0.6 is 0 Å². The molecule has 0 aliphatic carbocycles. The number of hydrogen-bond donors (Lipinski definition) is 4. The SMILES string of the molecule is CC(C)C[C@H](NC(=O)CNC(=O)c1cccc2cn[nH]c12)C(=O)O. The molecule has 1 atom stereocenters. The summed E-state index contributed by atoms with van der Waals surface area (Å²) in [5.74, 6) is -1.95. The summed E-state index contributed by atoms with van der Waals surface area (Å²) in [6, 6.07) is 4.18. The normalized spacial score (nSPS) is 12.1. The second-order valence-electron chi connectivity index (χ2n) is 5.91. The van der Waals surface area contributed by atoms with Gasteiger partial charge in [0.15, 0.2) is 0 Å². The third kappa shape index (κ3) is 4.31. The average molecular weight is 332 g/mol. The van der Waals surface area contributed by atoms with Crippen molar-refractivity contribution in [3.8, 4) is 0 Å². The highest BCUT2D eigenvalue weighted by Crippen LogP contribution is 2.15. The number of aliphatic carboxylic acids is 1. The van der Waals surface area contributed by atoms with Crippen molar-refractivity contribution in [1.29, 1.82) is 0 Å². The Kier molecular flexibility index (Phi) is 5.51. The topological polar surface area (TPSA) is 124 Å². The first-order chi connectivity index (χ1) is 11.4. The maximum Gasteiger partial charge on any atom is 0.326 e. The van der Waals surface area contributed by atoms with Gasteiger partial charge >= 0.3 is 5.97 Å². The van der Waals surface area contributed by atoms with E-state index in [0.29, 0.717) is 17.5 Å². The van der Waals surface area contributed by atoms with Crippen molar-refractivity contribution in [2.24, 2.45) is 5.92 Å². The van der Waals surface area contributed by atoms with Crippen molar-refractivity contribution in [1.82, 2.24) is 20.8 Å². The largest absolute Gasteiger partial charge is 0.480 e. The van der Waals surface area contributed by atoms with Gasteiger partial charge in [0, 0.05) is 5.39 Å². The molecule has 4 N–H and O–H groups in total. The van der Waals surface area contributed by atoms with Crippen molar-refractivity contribution < 1.29 is 19.5 Å². The van der Waals surface area contributed by atoms with Crippen molar-refractivity contribution >= 4 is 28.7 Å². The fraction of sp³-hybridized carbons (Fsp3) is 0.375. The Morgan fingerprint density at radius 2 is 2.04 bits per heavy atom. The van der Waals surface area contributed by atoms with Crippen molar-refractivity contribution in [3.05, 3.63) is 30.0 Å². The first-order valence-electron chi connectivity index (χ1n) is 7.61. The third-order valence-corrected chi connectivity index (χ3v) is 3.47. The van der Waals surface area contributed by atoms with Crippen LogP contribution in [0.4, 0.5) is 0 Å². The maximum absolute atomic E-state index is 12.2. The molecule has 2 aromatic rings. The number of carbonyl (C=O) groups is 3. The Bertz CT molecular complexity index is 753. The Balaban J connectivity index is 1.94.